The fraction of sp³-hybridized carbons (Fsp3) is 0.600. The Labute approximate surface area is 182 Å². The van der Waals surface area contributed by atoms with Crippen molar-refractivity contribution < 1.29 is 18.8 Å². The molecule has 1 amide bonds. The van der Waals surface area contributed by atoms with Crippen LogP contribution in [0.4, 0.5) is 0 Å². The Kier molecular flexibility index (Phi) is 6.59. The summed E-state index contributed by atoms with van der Waals surface area (Å²) >= 11 is 1.55. The van der Waals surface area contributed by atoms with Crippen molar-refractivity contribution in [2.75, 3.05) is 13.2 Å². The predicted octanol–water partition coefficient (Wildman–Crippen LogP) is 3.16. The number of carbonyl (C=O) groups excluding carboxylic acids is 2. The zero-order valence-corrected chi connectivity index (χ0v) is 20.1. The van der Waals surface area contributed by atoms with Crippen molar-refractivity contribution in [3.05, 3.63) is 35.9 Å². The van der Waals surface area contributed by atoms with Crippen LogP contribution in [0.3, 0.4) is 0 Å². The first-order chi connectivity index (χ1) is 14.1. The molecular formula is C20H30N4O4SSi. The van der Waals surface area contributed by atoms with E-state index >= 15 is 0 Å². The lowest BCUT2D eigenvalue weighted by Crippen LogP contribution is -2.60. The van der Waals surface area contributed by atoms with Gasteiger partial charge < -0.3 is 9.16 Å². The maximum Gasteiger partial charge on any atom is 0.356 e. The van der Waals surface area contributed by atoms with E-state index in [9.17, 15) is 9.59 Å². The molecule has 0 aliphatic carbocycles. The van der Waals surface area contributed by atoms with Gasteiger partial charge >= 0.3 is 5.97 Å². The van der Waals surface area contributed by atoms with Gasteiger partial charge in [-0.2, -0.15) is 5.10 Å². The monoisotopic (exact) mass is 450 g/mol. The van der Waals surface area contributed by atoms with Crippen LogP contribution in [-0.4, -0.2) is 58.4 Å². The summed E-state index contributed by atoms with van der Waals surface area (Å²) in [6.07, 6.45) is 5.19. The van der Waals surface area contributed by atoms with Crippen molar-refractivity contribution in [2.24, 2.45) is 5.92 Å². The Hall–Kier alpha value is -1.91. The van der Waals surface area contributed by atoms with Crippen LogP contribution in [0.5, 0.6) is 0 Å². The first kappa shape index (κ1) is 22.8. The average Bonchev–Trinajstić information content (AvgIpc) is 3.29. The van der Waals surface area contributed by atoms with E-state index < -0.39 is 14.3 Å². The summed E-state index contributed by atoms with van der Waals surface area (Å²) in [5.74, 6) is -0.821. The second-order valence-corrected chi connectivity index (χ2v) is 15.0. The van der Waals surface area contributed by atoms with Gasteiger partial charge in [0.25, 0.3) is 0 Å². The van der Waals surface area contributed by atoms with Gasteiger partial charge in [0.1, 0.15) is 30.3 Å². The highest BCUT2D eigenvalue weighted by Gasteiger charge is 2.56. The molecule has 3 heterocycles. The number of β-lactam (4-membered cyclic amide) rings is 1. The fourth-order valence-electron chi connectivity index (χ4n) is 3.06. The van der Waals surface area contributed by atoms with Gasteiger partial charge in [-0.25, -0.2) is 9.78 Å². The molecule has 0 unspecified atom stereocenters. The van der Waals surface area contributed by atoms with Crippen molar-refractivity contribution in [2.45, 2.75) is 57.2 Å². The van der Waals surface area contributed by atoms with Gasteiger partial charge in [-0.05, 0) is 18.1 Å². The molecule has 2 aliphatic rings. The zero-order chi connectivity index (χ0) is 22.1. The van der Waals surface area contributed by atoms with Gasteiger partial charge in [0.2, 0.25) is 5.91 Å². The van der Waals surface area contributed by atoms with Crippen LogP contribution in [0.25, 0.3) is 0 Å². The lowest BCUT2D eigenvalue weighted by atomic mass is 9.98. The number of fused-ring (bicyclic) bond motifs is 1. The SMILES string of the molecule is C=CCOC(=O)C1=C(CCn2cncn2)S[C@@H]2[C@@H](CO[Si](C)(C)C(C)(C)C)C(=O)N12. The fourth-order valence-corrected chi connectivity index (χ4v) is 5.55. The molecule has 0 bridgehead atoms. The Morgan fingerprint density at radius 3 is 2.73 bits per heavy atom. The van der Waals surface area contributed by atoms with E-state index in [1.807, 2.05) is 0 Å². The molecular weight excluding hydrogens is 420 g/mol. The van der Waals surface area contributed by atoms with Crippen LogP contribution in [0.2, 0.25) is 18.1 Å². The number of aromatic nitrogens is 3. The van der Waals surface area contributed by atoms with Gasteiger partial charge in [0, 0.05) is 24.5 Å². The zero-order valence-electron chi connectivity index (χ0n) is 18.3. The highest BCUT2D eigenvalue weighted by molar-refractivity contribution is 8.04. The summed E-state index contributed by atoms with van der Waals surface area (Å²) in [4.78, 5) is 32.0. The largest absolute Gasteiger partial charge is 0.457 e. The molecule has 1 aromatic rings. The first-order valence-electron chi connectivity index (χ1n) is 10.0. The highest BCUT2D eigenvalue weighted by Crippen LogP contribution is 2.51. The minimum atomic E-state index is -1.96. The first-order valence-corrected chi connectivity index (χ1v) is 13.8. The van der Waals surface area contributed by atoms with Gasteiger partial charge in [0.05, 0.1) is 5.92 Å². The molecule has 2 aliphatic heterocycles. The van der Waals surface area contributed by atoms with Crippen molar-refractivity contribution in [3.8, 4) is 0 Å². The quantitative estimate of drug-likeness (QED) is 0.247. The molecule has 30 heavy (non-hydrogen) atoms. The number of nitrogens with zero attached hydrogens (tertiary/aromatic N) is 4. The third-order valence-corrected chi connectivity index (χ3v) is 11.9. The van der Waals surface area contributed by atoms with Gasteiger partial charge in [-0.15, -0.1) is 11.8 Å². The molecule has 2 atom stereocenters. The molecule has 0 spiro atoms. The number of hydrogen-bond donors (Lipinski definition) is 0. The van der Waals surface area contributed by atoms with Crippen LogP contribution in [0, 0.1) is 5.92 Å². The Morgan fingerprint density at radius 1 is 1.40 bits per heavy atom. The molecule has 164 valence electrons. The number of carbonyl (C=O) groups is 2. The van der Waals surface area contributed by atoms with Crippen LogP contribution in [0.1, 0.15) is 27.2 Å². The van der Waals surface area contributed by atoms with E-state index in [0.717, 1.165) is 4.91 Å². The van der Waals surface area contributed by atoms with Crippen LogP contribution < -0.4 is 0 Å². The van der Waals surface area contributed by atoms with Crippen LogP contribution in [-0.2, 0) is 25.3 Å². The second kappa shape index (κ2) is 8.68. The van der Waals surface area contributed by atoms with Crippen LogP contribution >= 0.6 is 11.8 Å². The summed E-state index contributed by atoms with van der Waals surface area (Å²) in [6, 6.07) is 0. The van der Waals surface area contributed by atoms with E-state index in [4.69, 9.17) is 9.16 Å². The van der Waals surface area contributed by atoms with Gasteiger partial charge in [-0.3, -0.25) is 14.4 Å². The summed E-state index contributed by atoms with van der Waals surface area (Å²) in [5, 5.41) is 4.05. The maximum absolute atomic E-state index is 12.9. The summed E-state index contributed by atoms with van der Waals surface area (Å²) in [7, 11) is -1.96. The van der Waals surface area contributed by atoms with E-state index in [0.29, 0.717) is 25.3 Å². The second-order valence-electron chi connectivity index (χ2n) is 8.96. The number of aryl methyl sites for hydroxylation is 1. The Morgan fingerprint density at radius 2 is 2.13 bits per heavy atom. The molecule has 1 saturated heterocycles. The highest BCUT2D eigenvalue weighted by atomic mass is 32.2. The van der Waals surface area contributed by atoms with Gasteiger partial charge in [-0.1, -0.05) is 33.4 Å². The van der Waals surface area contributed by atoms with Crippen molar-refractivity contribution in [3.63, 3.8) is 0 Å². The van der Waals surface area contributed by atoms with Gasteiger partial charge in [0.15, 0.2) is 8.32 Å². The maximum atomic E-state index is 12.9. The lowest BCUT2D eigenvalue weighted by Gasteiger charge is -2.44. The smallest absolute Gasteiger partial charge is 0.356 e. The Balaban J connectivity index is 1.72. The number of allylic oxidation sites excluding steroid dienone is 1. The average molecular weight is 451 g/mol. The number of rotatable bonds is 9. The van der Waals surface area contributed by atoms with E-state index in [1.165, 1.54) is 12.4 Å². The number of esters is 1. The van der Waals surface area contributed by atoms with E-state index in [1.54, 1.807) is 27.7 Å². The Bertz CT molecular complexity index is 847. The van der Waals surface area contributed by atoms with E-state index in [-0.39, 0.29) is 28.8 Å². The predicted molar refractivity (Wildman–Crippen MR) is 118 cm³/mol. The molecule has 10 heteroatoms. The minimum absolute atomic E-state index is 0.0726. The molecule has 0 saturated carbocycles. The summed E-state index contributed by atoms with van der Waals surface area (Å²) in [6.45, 7) is 15.5. The normalized spacial score (nSPS) is 21.5. The number of hydrogen-bond acceptors (Lipinski definition) is 7. The standard InChI is InChI=1S/C20H30N4O4SSi/c1-7-10-27-19(26)16-15(8-9-23-13-21-12-22-23)29-18-14(17(25)24(16)18)11-28-30(5,6)20(2,3)4/h7,12-14,18H,1,8-11H2,2-6H3/t14-,18+/m0/s1. The van der Waals surface area contributed by atoms with Crippen molar-refractivity contribution in [1.29, 1.82) is 0 Å². The third kappa shape index (κ3) is 4.40. The van der Waals surface area contributed by atoms with Crippen LogP contribution in [0.15, 0.2) is 35.9 Å². The topological polar surface area (TPSA) is 86.5 Å². The molecule has 1 fully saturated rings. The number of thioether (sulfide) groups is 1. The molecule has 0 radical (unpaired) electrons. The van der Waals surface area contributed by atoms with E-state index in [2.05, 4.69) is 50.5 Å². The molecule has 0 N–H and O–H groups in total. The van der Waals surface area contributed by atoms with Crippen molar-refractivity contribution in [1.82, 2.24) is 19.7 Å². The molecule has 1 aromatic heterocycles. The number of amides is 1. The van der Waals surface area contributed by atoms with Crippen molar-refractivity contribution >= 4 is 32.0 Å². The summed E-state index contributed by atoms with van der Waals surface area (Å²) < 4.78 is 13.3. The summed E-state index contributed by atoms with van der Waals surface area (Å²) in [5.41, 5.74) is 0.348. The molecule has 3 rings (SSSR count). The lowest BCUT2D eigenvalue weighted by molar-refractivity contribution is -0.154. The number of ether oxygens (including phenoxy) is 1. The minimum Gasteiger partial charge on any atom is -0.457 e. The molecule has 0 aromatic carbocycles. The molecule has 8 nitrogen and oxygen atoms in total. The third-order valence-electron chi connectivity index (χ3n) is 5.91.